The van der Waals surface area contributed by atoms with Gasteiger partial charge in [0, 0.05) is 39.7 Å². The quantitative estimate of drug-likeness (QED) is 0.656. The van der Waals surface area contributed by atoms with E-state index in [-0.39, 0.29) is 5.97 Å². The van der Waals surface area contributed by atoms with Crippen molar-refractivity contribution in [3.63, 3.8) is 0 Å². The van der Waals surface area contributed by atoms with Crippen molar-refractivity contribution in [2.45, 2.75) is 26.7 Å². The fraction of sp³-hybridized carbons (Fsp3) is 0.588. The summed E-state index contributed by atoms with van der Waals surface area (Å²) >= 11 is 0. The molecule has 1 aromatic rings. The number of benzene rings is 1. The van der Waals surface area contributed by atoms with Crippen LogP contribution in [-0.2, 0) is 9.53 Å². The molecular formula is C17H28N2O3. The van der Waals surface area contributed by atoms with Crippen molar-refractivity contribution in [3.05, 3.63) is 18.2 Å². The van der Waals surface area contributed by atoms with Crippen LogP contribution in [0.4, 0.5) is 11.4 Å². The highest BCUT2D eigenvalue weighted by Gasteiger charge is 2.13. The zero-order chi connectivity index (χ0) is 16.5. The molecule has 1 aromatic carbocycles. The lowest BCUT2D eigenvalue weighted by Gasteiger charge is -2.28. The molecule has 0 aliphatic carbocycles. The van der Waals surface area contributed by atoms with Crippen LogP contribution >= 0.6 is 0 Å². The van der Waals surface area contributed by atoms with E-state index >= 15 is 0 Å². The fourth-order valence-corrected chi connectivity index (χ4v) is 2.36. The van der Waals surface area contributed by atoms with Crippen molar-refractivity contribution in [1.82, 2.24) is 0 Å². The molecule has 0 aromatic heterocycles. The van der Waals surface area contributed by atoms with Crippen LogP contribution in [-0.4, -0.2) is 46.9 Å². The number of anilines is 2. The largest absolute Gasteiger partial charge is 0.497 e. The van der Waals surface area contributed by atoms with Gasteiger partial charge in [0.2, 0.25) is 0 Å². The number of ether oxygens (including phenoxy) is 2. The predicted octanol–water partition coefficient (Wildman–Crippen LogP) is 2.93. The number of nitrogens with zero attached hydrogens (tertiary/aromatic N) is 2. The van der Waals surface area contributed by atoms with Gasteiger partial charge in [-0.2, -0.15) is 0 Å². The molecule has 124 valence electrons. The summed E-state index contributed by atoms with van der Waals surface area (Å²) in [5.41, 5.74) is 2.26. The second kappa shape index (κ2) is 9.18. The number of carbonyl (C=O) groups is 1. The molecule has 0 saturated carbocycles. The molecule has 0 spiro atoms. The molecule has 0 aliphatic heterocycles. The Labute approximate surface area is 133 Å². The van der Waals surface area contributed by atoms with Gasteiger partial charge in [0.05, 0.1) is 25.1 Å². The van der Waals surface area contributed by atoms with E-state index < -0.39 is 0 Å². The third-order valence-electron chi connectivity index (χ3n) is 3.50. The van der Waals surface area contributed by atoms with E-state index in [9.17, 15) is 4.79 Å². The molecular weight excluding hydrogens is 280 g/mol. The zero-order valence-corrected chi connectivity index (χ0v) is 14.4. The molecule has 0 fully saturated rings. The third kappa shape index (κ3) is 5.13. The second-order valence-corrected chi connectivity index (χ2v) is 5.24. The summed E-state index contributed by atoms with van der Waals surface area (Å²) < 4.78 is 10.3. The van der Waals surface area contributed by atoms with Crippen molar-refractivity contribution in [3.8, 4) is 5.75 Å². The molecule has 5 heteroatoms. The zero-order valence-electron chi connectivity index (χ0n) is 14.4. The maximum atomic E-state index is 11.5. The average molecular weight is 308 g/mol. The Hall–Kier alpha value is -1.91. The van der Waals surface area contributed by atoms with E-state index in [4.69, 9.17) is 9.47 Å². The standard InChI is InChI=1S/C17H28N2O3/c1-6-19(12-8-9-17(20)22-7-2)16-13-14(21-5)10-11-15(16)18(3)4/h10-11,13H,6-9,12H2,1-5H3. The molecule has 0 bridgehead atoms. The second-order valence-electron chi connectivity index (χ2n) is 5.24. The number of carbonyl (C=O) groups excluding carboxylic acids is 1. The maximum absolute atomic E-state index is 11.5. The Bertz CT molecular complexity index is 475. The van der Waals surface area contributed by atoms with Crippen LogP contribution in [0.15, 0.2) is 18.2 Å². The number of hydrogen-bond acceptors (Lipinski definition) is 5. The monoisotopic (exact) mass is 308 g/mol. The van der Waals surface area contributed by atoms with Crippen LogP contribution < -0.4 is 14.5 Å². The molecule has 1 rings (SSSR count). The average Bonchev–Trinajstić information content (AvgIpc) is 2.51. The van der Waals surface area contributed by atoms with E-state index in [2.05, 4.69) is 22.8 Å². The molecule has 0 unspecified atom stereocenters. The molecule has 0 atom stereocenters. The van der Waals surface area contributed by atoms with Crippen molar-refractivity contribution in [2.24, 2.45) is 0 Å². The number of esters is 1. The van der Waals surface area contributed by atoms with Gasteiger partial charge in [-0.25, -0.2) is 0 Å². The fourth-order valence-electron chi connectivity index (χ4n) is 2.36. The van der Waals surface area contributed by atoms with E-state index in [0.29, 0.717) is 13.0 Å². The Morgan fingerprint density at radius 2 is 1.91 bits per heavy atom. The molecule has 0 N–H and O–H groups in total. The lowest BCUT2D eigenvalue weighted by molar-refractivity contribution is -0.143. The lowest BCUT2D eigenvalue weighted by atomic mass is 10.2. The first-order chi connectivity index (χ1) is 10.5. The molecule has 0 amide bonds. The molecule has 5 nitrogen and oxygen atoms in total. The highest BCUT2D eigenvalue weighted by molar-refractivity contribution is 5.73. The lowest BCUT2D eigenvalue weighted by Crippen LogP contribution is -2.27. The predicted molar refractivity (Wildman–Crippen MR) is 91.1 cm³/mol. The Balaban J connectivity index is 2.82. The minimum atomic E-state index is -0.128. The third-order valence-corrected chi connectivity index (χ3v) is 3.50. The number of hydrogen-bond donors (Lipinski definition) is 0. The summed E-state index contributed by atoms with van der Waals surface area (Å²) in [5.74, 6) is 0.710. The normalized spacial score (nSPS) is 10.2. The van der Waals surface area contributed by atoms with E-state index in [0.717, 1.165) is 36.6 Å². The van der Waals surface area contributed by atoms with Crippen LogP contribution in [0.2, 0.25) is 0 Å². The van der Waals surface area contributed by atoms with E-state index in [1.54, 1.807) is 7.11 Å². The highest BCUT2D eigenvalue weighted by Crippen LogP contribution is 2.32. The topological polar surface area (TPSA) is 42.0 Å². The smallest absolute Gasteiger partial charge is 0.305 e. The first kappa shape index (κ1) is 18.1. The minimum absolute atomic E-state index is 0.128. The summed E-state index contributed by atoms with van der Waals surface area (Å²) in [6.07, 6.45) is 1.22. The highest BCUT2D eigenvalue weighted by atomic mass is 16.5. The number of rotatable bonds is 9. The Kier molecular flexibility index (Phi) is 7.57. The van der Waals surface area contributed by atoms with Gasteiger partial charge >= 0.3 is 5.97 Å². The Morgan fingerprint density at radius 3 is 2.45 bits per heavy atom. The molecule has 0 aliphatic rings. The van der Waals surface area contributed by atoms with Crippen molar-refractivity contribution < 1.29 is 14.3 Å². The number of methoxy groups -OCH3 is 1. The van der Waals surface area contributed by atoms with E-state index in [1.165, 1.54) is 0 Å². The van der Waals surface area contributed by atoms with Gasteiger partial charge in [0.25, 0.3) is 0 Å². The summed E-state index contributed by atoms with van der Waals surface area (Å²) in [4.78, 5) is 15.8. The minimum Gasteiger partial charge on any atom is -0.497 e. The van der Waals surface area contributed by atoms with Crippen LogP contribution in [0.5, 0.6) is 5.75 Å². The van der Waals surface area contributed by atoms with Crippen LogP contribution in [0.25, 0.3) is 0 Å². The van der Waals surface area contributed by atoms with E-state index in [1.807, 2.05) is 33.2 Å². The summed E-state index contributed by atoms with van der Waals surface area (Å²) in [5, 5.41) is 0. The Morgan fingerprint density at radius 1 is 1.18 bits per heavy atom. The van der Waals surface area contributed by atoms with Gasteiger partial charge in [-0.1, -0.05) is 0 Å². The van der Waals surface area contributed by atoms with Crippen molar-refractivity contribution in [1.29, 1.82) is 0 Å². The molecule has 0 saturated heterocycles. The van der Waals surface area contributed by atoms with Crippen LogP contribution in [0, 0.1) is 0 Å². The van der Waals surface area contributed by atoms with Gasteiger partial charge in [-0.05, 0) is 32.4 Å². The van der Waals surface area contributed by atoms with Crippen molar-refractivity contribution >= 4 is 17.3 Å². The summed E-state index contributed by atoms with van der Waals surface area (Å²) in [6, 6.07) is 6.07. The van der Waals surface area contributed by atoms with Gasteiger partial charge in [-0.3, -0.25) is 4.79 Å². The SMILES string of the molecule is CCOC(=O)CCCN(CC)c1cc(OC)ccc1N(C)C. The first-order valence-corrected chi connectivity index (χ1v) is 7.79. The van der Waals surface area contributed by atoms with Gasteiger partial charge in [0.1, 0.15) is 5.75 Å². The summed E-state index contributed by atoms with van der Waals surface area (Å²) in [7, 11) is 5.72. The first-order valence-electron chi connectivity index (χ1n) is 7.79. The van der Waals surface area contributed by atoms with Gasteiger partial charge in [-0.15, -0.1) is 0 Å². The molecule has 0 heterocycles. The van der Waals surface area contributed by atoms with Gasteiger partial charge < -0.3 is 19.3 Å². The molecule has 22 heavy (non-hydrogen) atoms. The van der Waals surface area contributed by atoms with Crippen molar-refractivity contribution in [2.75, 3.05) is 50.7 Å². The van der Waals surface area contributed by atoms with Crippen LogP contribution in [0.1, 0.15) is 26.7 Å². The summed E-state index contributed by atoms with van der Waals surface area (Å²) in [6.45, 7) is 6.07. The maximum Gasteiger partial charge on any atom is 0.305 e. The van der Waals surface area contributed by atoms with Crippen LogP contribution in [0.3, 0.4) is 0 Å². The van der Waals surface area contributed by atoms with Gasteiger partial charge in [0.15, 0.2) is 0 Å². The molecule has 0 radical (unpaired) electrons.